The predicted octanol–water partition coefficient (Wildman–Crippen LogP) is 4.88. The summed E-state index contributed by atoms with van der Waals surface area (Å²) in [7, 11) is -2.80. The Hall–Kier alpha value is -3.14. The first-order chi connectivity index (χ1) is 17.6. The van der Waals surface area contributed by atoms with Crippen LogP contribution in [0.4, 0.5) is 10.1 Å². The topological polar surface area (TPSA) is 86.8 Å². The van der Waals surface area contributed by atoms with Crippen LogP contribution in [0, 0.1) is 5.82 Å². The van der Waals surface area contributed by atoms with Gasteiger partial charge in [0.1, 0.15) is 18.4 Å². The molecule has 196 valence electrons. The third kappa shape index (κ3) is 6.80. The first kappa shape index (κ1) is 28.4. The molecule has 3 aromatic rings. The van der Waals surface area contributed by atoms with E-state index in [2.05, 4.69) is 5.32 Å². The lowest BCUT2D eigenvalue weighted by Gasteiger charge is -2.33. The normalized spacial score (nSPS) is 12.0. The van der Waals surface area contributed by atoms with Gasteiger partial charge in [-0.2, -0.15) is 0 Å². The summed E-state index contributed by atoms with van der Waals surface area (Å²) in [6.07, 6.45) is 0.264. The standard InChI is InChI=1S/C26H26Cl2FN3O4S/c1-3-23(26(34)30-2)31(16-18-9-12-20(29)13-10-18)25(33)17-32(24-14-11-19(27)15-22(24)28)37(35,36)21-7-5-4-6-8-21/h4-15,23H,3,16-17H2,1-2H3,(H,30,34)/t23-/m1/s1. The minimum absolute atomic E-state index is 0.0308. The van der Waals surface area contributed by atoms with Gasteiger partial charge in [0.25, 0.3) is 10.0 Å². The molecular formula is C26H26Cl2FN3O4S. The Balaban J connectivity index is 2.08. The molecule has 11 heteroatoms. The van der Waals surface area contributed by atoms with E-state index in [9.17, 15) is 22.4 Å². The number of amides is 2. The molecule has 0 bridgehead atoms. The molecule has 1 atom stereocenters. The molecule has 0 fully saturated rings. The number of anilines is 1. The number of sulfonamides is 1. The van der Waals surface area contributed by atoms with E-state index in [-0.39, 0.29) is 28.6 Å². The summed E-state index contributed by atoms with van der Waals surface area (Å²) in [6, 6.07) is 16.5. The molecule has 0 spiro atoms. The smallest absolute Gasteiger partial charge is 0.264 e. The molecule has 0 aliphatic heterocycles. The van der Waals surface area contributed by atoms with Crippen LogP contribution in [0.3, 0.4) is 0 Å². The summed E-state index contributed by atoms with van der Waals surface area (Å²) in [5, 5.41) is 2.87. The van der Waals surface area contributed by atoms with Crippen LogP contribution in [0.15, 0.2) is 77.7 Å². The van der Waals surface area contributed by atoms with Crippen molar-refractivity contribution in [1.29, 1.82) is 0 Å². The number of benzene rings is 3. The average molecular weight is 566 g/mol. The van der Waals surface area contributed by atoms with Gasteiger partial charge in [-0.05, 0) is 54.4 Å². The number of halogens is 3. The van der Waals surface area contributed by atoms with Crippen LogP contribution in [0.25, 0.3) is 0 Å². The maximum atomic E-state index is 13.8. The molecule has 7 nitrogen and oxygen atoms in total. The predicted molar refractivity (Wildman–Crippen MR) is 143 cm³/mol. The highest BCUT2D eigenvalue weighted by atomic mass is 35.5. The van der Waals surface area contributed by atoms with E-state index < -0.39 is 40.2 Å². The first-order valence-electron chi connectivity index (χ1n) is 11.4. The Bertz CT molecular complexity index is 1360. The van der Waals surface area contributed by atoms with Gasteiger partial charge in [-0.25, -0.2) is 12.8 Å². The van der Waals surface area contributed by atoms with Crippen molar-refractivity contribution in [3.63, 3.8) is 0 Å². The van der Waals surface area contributed by atoms with Gasteiger partial charge in [0.05, 0.1) is 15.6 Å². The van der Waals surface area contributed by atoms with Crippen molar-refractivity contribution in [2.75, 3.05) is 17.9 Å². The second-order valence-electron chi connectivity index (χ2n) is 8.11. The Morgan fingerprint density at radius 1 is 1.00 bits per heavy atom. The lowest BCUT2D eigenvalue weighted by molar-refractivity contribution is -0.140. The fourth-order valence-corrected chi connectivity index (χ4v) is 5.80. The molecule has 0 aromatic heterocycles. The Morgan fingerprint density at radius 2 is 1.65 bits per heavy atom. The molecule has 0 saturated carbocycles. The van der Waals surface area contributed by atoms with E-state index in [0.29, 0.717) is 10.6 Å². The lowest BCUT2D eigenvalue weighted by Crippen LogP contribution is -2.51. The zero-order chi connectivity index (χ0) is 27.2. The molecule has 0 saturated heterocycles. The molecule has 2 amide bonds. The molecule has 0 unspecified atom stereocenters. The molecular weight excluding hydrogens is 540 g/mol. The van der Waals surface area contributed by atoms with E-state index in [1.807, 2.05) is 0 Å². The van der Waals surface area contributed by atoms with Crippen LogP contribution < -0.4 is 9.62 Å². The van der Waals surface area contributed by atoms with Gasteiger partial charge >= 0.3 is 0 Å². The average Bonchev–Trinajstić information content (AvgIpc) is 2.88. The van der Waals surface area contributed by atoms with Crippen LogP contribution in [0.5, 0.6) is 0 Å². The number of likely N-dealkylation sites (N-methyl/N-ethyl adjacent to an activating group) is 1. The van der Waals surface area contributed by atoms with E-state index in [1.165, 1.54) is 66.5 Å². The van der Waals surface area contributed by atoms with Gasteiger partial charge in [0, 0.05) is 18.6 Å². The molecule has 0 aliphatic rings. The highest BCUT2D eigenvalue weighted by Gasteiger charge is 2.34. The van der Waals surface area contributed by atoms with E-state index in [1.54, 1.807) is 25.1 Å². The fourth-order valence-electron chi connectivity index (χ4n) is 3.79. The second-order valence-corrected chi connectivity index (χ2v) is 10.8. The highest BCUT2D eigenvalue weighted by molar-refractivity contribution is 7.92. The van der Waals surface area contributed by atoms with Crippen LogP contribution in [0.1, 0.15) is 18.9 Å². The molecule has 37 heavy (non-hydrogen) atoms. The monoisotopic (exact) mass is 565 g/mol. The fraction of sp³-hybridized carbons (Fsp3) is 0.231. The van der Waals surface area contributed by atoms with Crippen molar-refractivity contribution < 1.29 is 22.4 Å². The quantitative estimate of drug-likeness (QED) is 0.379. The summed E-state index contributed by atoms with van der Waals surface area (Å²) >= 11 is 12.4. The Morgan fingerprint density at radius 3 is 2.22 bits per heavy atom. The largest absolute Gasteiger partial charge is 0.357 e. The van der Waals surface area contributed by atoms with Gasteiger partial charge in [0.2, 0.25) is 11.8 Å². The number of carbonyl (C=O) groups is 2. The van der Waals surface area contributed by atoms with Crippen molar-refractivity contribution in [1.82, 2.24) is 10.2 Å². The highest BCUT2D eigenvalue weighted by Crippen LogP contribution is 2.33. The summed E-state index contributed by atoms with van der Waals surface area (Å²) in [5.41, 5.74) is 0.622. The first-order valence-corrected chi connectivity index (χ1v) is 13.6. The number of hydrogen-bond donors (Lipinski definition) is 1. The van der Waals surface area contributed by atoms with Crippen molar-refractivity contribution in [2.24, 2.45) is 0 Å². The van der Waals surface area contributed by atoms with Gasteiger partial charge in [-0.1, -0.05) is 60.5 Å². The molecule has 1 N–H and O–H groups in total. The van der Waals surface area contributed by atoms with E-state index in [4.69, 9.17) is 23.2 Å². The zero-order valence-electron chi connectivity index (χ0n) is 20.2. The number of nitrogens with one attached hydrogen (secondary N) is 1. The van der Waals surface area contributed by atoms with Crippen LogP contribution >= 0.6 is 23.2 Å². The van der Waals surface area contributed by atoms with E-state index >= 15 is 0 Å². The van der Waals surface area contributed by atoms with Crippen molar-refractivity contribution in [3.8, 4) is 0 Å². The third-order valence-electron chi connectivity index (χ3n) is 5.69. The summed E-state index contributed by atoms with van der Waals surface area (Å²) in [5.74, 6) is -1.51. The van der Waals surface area contributed by atoms with Gasteiger partial charge in [-0.15, -0.1) is 0 Å². The summed E-state index contributed by atoms with van der Waals surface area (Å²) in [4.78, 5) is 27.7. The second kappa shape index (κ2) is 12.4. The summed E-state index contributed by atoms with van der Waals surface area (Å²) < 4.78 is 41.8. The summed E-state index contributed by atoms with van der Waals surface area (Å²) in [6.45, 7) is 1.05. The van der Waals surface area contributed by atoms with Gasteiger partial charge in [0.15, 0.2) is 0 Å². The van der Waals surface area contributed by atoms with Crippen LogP contribution in [-0.4, -0.2) is 44.8 Å². The molecule has 3 rings (SSSR count). The molecule has 0 heterocycles. The maximum Gasteiger partial charge on any atom is 0.264 e. The van der Waals surface area contributed by atoms with Crippen molar-refractivity contribution in [2.45, 2.75) is 30.8 Å². The number of hydrogen-bond acceptors (Lipinski definition) is 4. The minimum Gasteiger partial charge on any atom is -0.357 e. The number of nitrogens with zero attached hydrogens (tertiary/aromatic N) is 2. The lowest BCUT2D eigenvalue weighted by atomic mass is 10.1. The Labute approximate surface area is 225 Å². The number of rotatable bonds is 10. The van der Waals surface area contributed by atoms with Gasteiger partial charge < -0.3 is 10.2 Å². The molecule has 3 aromatic carbocycles. The zero-order valence-corrected chi connectivity index (χ0v) is 22.5. The van der Waals surface area contributed by atoms with E-state index in [0.717, 1.165) is 4.31 Å². The molecule has 0 radical (unpaired) electrons. The van der Waals surface area contributed by atoms with Crippen molar-refractivity contribution in [3.05, 3.63) is 94.2 Å². The van der Waals surface area contributed by atoms with Crippen LogP contribution in [-0.2, 0) is 26.2 Å². The Kier molecular flexibility index (Phi) is 9.53. The third-order valence-corrected chi connectivity index (χ3v) is 8.00. The SMILES string of the molecule is CC[C@H](C(=O)NC)N(Cc1ccc(F)cc1)C(=O)CN(c1ccc(Cl)cc1Cl)S(=O)(=O)c1ccccc1. The van der Waals surface area contributed by atoms with Gasteiger partial charge in [-0.3, -0.25) is 13.9 Å². The molecule has 0 aliphatic carbocycles. The minimum atomic E-state index is -4.25. The number of carbonyl (C=O) groups excluding carboxylic acids is 2. The van der Waals surface area contributed by atoms with Crippen LogP contribution in [0.2, 0.25) is 10.0 Å². The van der Waals surface area contributed by atoms with Crippen molar-refractivity contribution >= 4 is 50.7 Å². The maximum absolute atomic E-state index is 13.8.